The maximum Gasteiger partial charge on any atom is 0.135 e. The van der Waals surface area contributed by atoms with Gasteiger partial charge in [-0.1, -0.05) is 0 Å². The van der Waals surface area contributed by atoms with E-state index in [4.69, 9.17) is 25.8 Å². The number of hydrogen-bond acceptors (Lipinski definition) is 3. The van der Waals surface area contributed by atoms with E-state index in [1.165, 1.54) is 13.2 Å². The Morgan fingerprint density at radius 1 is 1.25 bits per heavy atom. The molecule has 0 saturated heterocycles. The molecule has 1 aliphatic heterocycles. The molecule has 0 spiro atoms. The normalized spacial score (nSPS) is 26.2. The predicted octanol–water partition coefficient (Wildman–Crippen LogP) is 4.19. The van der Waals surface area contributed by atoms with Crippen LogP contribution in [0.4, 0.5) is 4.39 Å². The van der Waals surface area contributed by atoms with Gasteiger partial charge < -0.3 is 14.2 Å². The van der Waals surface area contributed by atoms with Crippen molar-refractivity contribution in [3.63, 3.8) is 0 Å². The number of methoxy groups -OCH3 is 2. The van der Waals surface area contributed by atoms with Crippen molar-refractivity contribution >= 4 is 17.2 Å². The third-order valence-corrected chi connectivity index (χ3v) is 4.89. The molecule has 1 fully saturated rings. The Bertz CT molecular complexity index is 717. The van der Waals surface area contributed by atoms with Crippen molar-refractivity contribution in [2.24, 2.45) is 11.8 Å². The van der Waals surface area contributed by atoms with E-state index in [1.54, 1.807) is 13.2 Å². The second-order valence-electron chi connectivity index (χ2n) is 6.19. The van der Waals surface area contributed by atoms with Crippen LogP contribution in [0.15, 0.2) is 17.9 Å². The van der Waals surface area contributed by atoms with E-state index in [0.29, 0.717) is 41.9 Å². The number of benzene rings is 1. The van der Waals surface area contributed by atoms with E-state index >= 15 is 0 Å². The molecule has 0 N–H and O–H groups in total. The van der Waals surface area contributed by atoms with Crippen molar-refractivity contribution in [3.05, 3.63) is 34.8 Å². The molecule has 2 unspecified atom stereocenters. The van der Waals surface area contributed by atoms with Crippen LogP contribution in [0.5, 0.6) is 5.75 Å². The molecule has 3 rings (SSSR count). The number of rotatable bonds is 3. The van der Waals surface area contributed by atoms with Crippen molar-refractivity contribution in [2.45, 2.75) is 19.3 Å². The second-order valence-corrected chi connectivity index (χ2v) is 6.38. The lowest BCUT2D eigenvalue weighted by atomic mass is 9.93. The Morgan fingerprint density at radius 3 is 2.79 bits per heavy atom. The van der Waals surface area contributed by atoms with E-state index < -0.39 is 5.82 Å². The van der Waals surface area contributed by atoms with E-state index in [1.807, 2.05) is 0 Å². The van der Waals surface area contributed by atoms with Crippen LogP contribution in [0.1, 0.15) is 30.4 Å². The van der Waals surface area contributed by atoms with Gasteiger partial charge >= 0.3 is 0 Å². The fraction of sp³-hybridized carbons (Fsp3) is 0.474. The molecule has 0 aromatic heterocycles. The summed E-state index contributed by atoms with van der Waals surface area (Å²) in [6.45, 7) is 1.01. The van der Waals surface area contributed by atoms with E-state index in [9.17, 15) is 4.39 Å². The van der Waals surface area contributed by atoms with Gasteiger partial charge in [-0.15, -0.1) is 0 Å². The first-order valence-electron chi connectivity index (χ1n) is 8.02. The molecule has 128 valence electrons. The van der Waals surface area contributed by atoms with Crippen LogP contribution in [-0.4, -0.2) is 27.4 Å². The minimum Gasteiger partial charge on any atom is -0.500 e. The molecule has 1 heterocycles. The Hall–Kier alpha value is -1.70. The first-order chi connectivity index (χ1) is 11.7. The quantitative estimate of drug-likeness (QED) is 0.765. The Labute approximate surface area is 146 Å². The lowest BCUT2D eigenvalue weighted by Crippen LogP contribution is -2.17. The molecule has 0 radical (unpaired) electrons. The standard InChI is InChI=1S/C19H20ClFO3/c1-22-17-9-12(5-6-20)8-16(21)18(17)15-11-24-10-13-3-4-14(7-13)19(15)23-2/h8-9,13-14H,3-4,7,10-11H2,1-2H3/b19-15-. The molecule has 1 aromatic carbocycles. The van der Waals surface area contributed by atoms with Crippen molar-refractivity contribution < 1.29 is 18.6 Å². The van der Waals surface area contributed by atoms with Crippen LogP contribution in [0.25, 0.3) is 5.57 Å². The summed E-state index contributed by atoms with van der Waals surface area (Å²) in [5.74, 6) is 4.33. The zero-order valence-electron chi connectivity index (χ0n) is 13.8. The molecule has 2 bridgehead atoms. The zero-order chi connectivity index (χ0) is 17.1. The topological polar surface area (TPSA) is 27.7 Å². The summed E-state index contributed by atoms with van der Waals surface area (Å²) in [5, 5.41) is 2.26. The predicted molar refractivity (Wildman–Crippen MR) is 91.3 cm³/mol. The maximum absolute atomic E-state index is 14.9. The van der Waals surface area contributed by atoms with Crippen LogP contribution in [0.3, 0.4) is 0 Å². The Kier molecular flexibility index (Phi) is 5.33. The summed E-state index contributed by atoms with van der Waals surface area (Å²) >= 11 is 5.43. The summed E-state index contributed by atoms with van der Waals surface area (Å²) in [5.41, 5.74) is 1.58. The SMILES string of the molecule is CO/C1=C(\c2c(F)cc(C#CCl)cc2OC)COCC2CCC1C2. The van der Waals surface area contributed by atoms with Gasteiger partial charge in [-0.3, -0.25) is 0 Å². The highest BCUT2D eigenvalue weighted by atomic mass is 35.5. The fourth-order valence-corrected chi connectivity index (χ4v) is 3.87. The molecule has 2 aliphatic rings. The van der Waals surface area contributed by atoms with E-state index in [0.717, 1.165) is 30.6 Å². The molecule has 5 heteroatoms. The lowest BCUT2D eigenvalue weighted by Gasteiger charge is -2.24. The van der Waals surface area contributed by atoms with Crippen LogP contribution in [0.2, 0.25) is 0 Å². The van der Waals surface area contributed by atoms with Crippen molar-refractivity contribution in [1.82, 2.24) is 0 Å². The van der Waals surface area contributed by atoms with E-state index in [-0.39, 0.29) is 0 Å². The summed E-state index contributed by atoms with van der Waals surface area (Å²) in [6.07, 6.45) is 3.18. The van der Waals surface area contributed by atoms with Gasteiger partial charge in [-0.25, -0.2) is 4.39 Å². The molecule has 1 aromatic rings. The highest BCUT2D eigenvalue weighted by Crippen LogP contribution is 2.43. The van der Waals surface area contributed by atoms with Crippen molar-refractivity contribution in [3.8, 4) is 17.0 Å². The average molecular weight is 351 g/mol. The number of halogens is 2. The zero-order valence-corrected chi connectivity index (χ0v) is 14.6. The van der Waals surface area contributed by atoms with Crippen LogP contribution in [-0.2, 0) is 9.47 Å². The monoisotopic (exact) mass is 350 g/mol. The van der Waals surface area contributed by atoms with Crippen LogP contribution in [0, 0.1) is 29.0 Å². The van der Waals surface area contributed by atoms with Crippen LogP contribution < -0.4 is 4.74 Å². The highest BCUT2D eigenvalue weighted by molar-refractivity contribution is 6.30. The molecular formula is C19H20ClFO3. The van der Waals surface area contributed by atoms with Gasteiger partial charge in [-0.2, -0.15) is 0 Å². The molecule has 1 saturated carbocycles. The summed E-state index contributed by atoms with van der Waals surface area (Å²) in [7, 11) is 3.15. The highest BCUT2D eigenvalue weighted by Gasteiger charge is 2.34. The third-order valence-electron chi connectivity index (χ3n) is 4.80. The number of ether oxygens (including phenoxy) is 3. The summed E-state index contributed by atoms with van der Waals surface area (Å²) in [4.78, 5) is 0. The minimum absolute atomic E-state index is 0.310. The first kappa shape index (κ1) is 17.1. The Balaban J connectivity index is 2.15. The molecule has 0 amide bonds. The van der Waals surface area contributed by atoms with Gasteiger partial charge in [0.1, 0.15) is 17.3 Å². The minimum atomic E-state index is -0.410. The molecule has 1 aliphatic carbocycles. The third kappa shape index (κ3) is 3.24. The smallest absolute Gasteiger partial charge is 0.135 e. The van der Waals surface area contributed by atoms with E-state index in [2.05, 4.69) is 11.3 Å². The molecular weight excluding hydrogens is 331 g/mol. The van der Waals surface area contributed by atoms with Crippen molar-refractivity contribution in [1.29, 1.82) is 0 Å². The number of fused-ring (bicyclic) bond motifs is 2. The van der Waals surface area contributed by atoms with Gasteiger partial charge in [-0.05, 0) is 54.8 Å². The lowest BCUT2D eigenvalue weighted by molar-refractivity contribution is 0.117. The molecule has 24 heavy (non-hydrogen) atoms. The summed E-state index contributed by atoms with van der Waals surface area (Å²) in [6, 6.07) is 3.05. The van der Waals surface area contributed by atoms with Gasteiger partial charge in [0.2, 0.25) is 0 Å². The van der Waals surface area contributed by atoms with Gasteiger partial charge in [0.15, 0.2) is 0 Å². The van der Waals surface area contributed by atoms with Gasteiger partial charge in [0.25, 0.3) is 0 Å². The van der Waals surface area contributed by atoms with Gasteiger partial charge in [0.05, 0.1) is 26.4 Å². The van der Waals surface area contributed by atoms with Gasteiger partial charge in [0, 0.05) is 29.0 Å². The first-order valence-corrected chi connectivity index (χ1v) is 8.40. The van der Waals surface area contributed by atoms with Crippen LogP contribution >= 0.6 is 11.6 Å². The average Bonchev–Trinajstić information content (AvgIpc) is 3.03. The number of allylic oxidation sites excluding steroid dienone is 1. The molecule has 2 atom stereocenters. The van der Waals surface area contributed by atoms with Crippen molar-refractivity contribution in [2.75, 3.05) is 27.4 Å². The Morgan fingerprint density at radius 2 is 2.08 bits per heavy atom. The molecule has 3 nitrogen and oxygen atoms in total. The largest absolute Gasteiger partial charge is 0.500 e. The summed E-state index contributed by atoms with van der Waals surface area (Å²) < 4.78 is 31.8. The maximum atomic E-state index is 14.9. The fourth-order valence-electron chi connectivity index (χ4n) is 3.76. The number of hydrogen-bond donors (Lipinski definition) is 0. The second kappa shape index (κ2) is 7.46.